The lowest BCUT2D eigenvalue weighted by Gasteiger charge is -2.25. The van der Waals surface area contributed by atoms with Crippen LogP contribution in [0, 0.1) is 6.92 Å². The molecule has 0 radical (unpaired) electrons. The van der Waals surface area contributed by atoms with Crippen LogP contribution in [0.5, 0.6) is 11.5 Å². The Morgan fingerprint density at radius 2 is 2.05 bits per heavy atom. The van der Waals surface area contributed by atoms with Crippen LogP contribution >= 0.6 is 11.3 Å². The molecular weight excluding hydrogens is 556 g/mol. The number of amides is 1. The first kappa shape index (κ1) is 29.5. The van der Waals surface area contributed by atoms with Crippen molar-refractivity contribution < 1.29 is 23.7 Å². The topological polar surface area (TPSA) is 130 Å². The van der Waals surface area contributed by atoms with Crippen LogP contribution in [0.4, 0.5) is 10.7 Å². The first-order chi connectivity index (χ1) is 20.2. The van der Waals surface area contributed by atoms with Gasteiger partial charge in [0.05, 0.1) is 41.8 Å². The molecule has 11 nitrogen and oxygen atoms in total. The molecule has 4 aromatic rings. The van der Waals surface area contributed by atoms with E-state index < -0.39 is 11.7 Å². The van der Waals surface area contributed by atoms with Gasteiger partial charge in [0.25, 0.3) is 0 Å². The molecule has 2 N–H and O–H groups in total. The van der Waals surface area contributed by atoms with Crippen molar-refractivity contribution in [2.24, 2.45) is 0 Å². The highest BCUT2D eigenvalue weighted by atomic mass is 32.1. The summed E-state index contributed by atoms with van der Waals surface area (Å²) in [6.07, 6.45) is 3.93. The largest absolute Gasteiger partial charge is 0.492 e. The van der Waals surface area contributed by atoms with Gasteiger partial charge in [-0.15, -0.1) is 16.4 Å². The standard InChI is InChI=1S/C30H36N6O5S/c1-19-8-7-9-23(40-26-10-5-6-14-39-26)27(19)22-17-33-36-28(35-22)32-18-25-34-21-16-20(11-12-24(21)42-25)38-15-13-31-29(37)41-30(2,3)4/h7-9,11-12,16-17,26H,5-6,10,13-15,18H2,1-4H3,(H,31,37)(H,32,35,36). The van der Waals surface area contributed by atoms with E-state index >= 15 is 0 Å². The number of hydrogen-bond donors (Lipinski definition) is 2. The molecule has 1 saturated heterocycles. The summed E-state index contributed by atoms with van der Waals surface area (Å²) in [4.78, 5) is 21.2. The molecule has 1 amide bonds. The lowest BCUT2D eigenvalue weighted by Crippen LogP contribution is -2.34. The van der Waals surface area contributed by atoms with E-state index in [1.165, 1.54) is 0 Å². The zero-order valence-electron chi connectivity index (χ0n) is 24.3. The number of rotatable bonds is 10. The number of thiazole rings is 1. The molecule has 0 saturated carbocycles. The summed E-state index contributed by atoms with van der Waals surface area (Å²) in [5, 5.41) is 15.2. The molecule has 222 valence electrons. The van der Waals surface area contributed by atoms with Crippen molar-refractivity contribution in [2.45, 2.75) is 65.4 Å². The van der Waals surface area contributed by atoms with Crippen molar-refractivity contribution in [2.75, 3.05) is 25.1 Å². The van der Waals surface area contributed by atoms with Crippen molar-refractivity contribution in [1.82, 2.24) is 25.5 Å². The molecule has 0 spiro atoms. The van der Waals surface area contributed by atoms with Crippen molar-refractivity contribution in [3.63, 3.8) is 0 Å². The number of fused-ring (bicyclic) bond motifs is 1. The van der Waals surface area contributed by atoms with Crippen molar-refractivity contribution in [1.29, 1.82) is 0 Å². The van der Waals surface area contributed by atoms with E-state index in [9.17, 15) is 4.79 Å². The number of aromatic nitrogens is 4. The first-order valence-electron chi connectivity index (χ1n) is 14.0. The van der Waals surface area contributed by atoms with Gasteiger partial charge in [0.15, 0.2) is 6.29 Å². The normalized spacial score (nSPS) is 15.3. The van der Waals surface area contributed by atoms with Gasteiger partial charge in [-0.05, 0) is 64.3 Å². The second-order valence-electron chi connectivity index (χ2n) is 10.9. The third kappa shape index (κ3) is 8.04. The molecule has 1 atom stereocenters. The monoisotopic (exact) mass is 592 g/mol. The number of carbonyl (C=O) groups excluding carboxylic acids is 1. The van der Waals surface area contributed by atoms with E-state index in [0.29, 0.717) is 43.7 Å². The van der Waals surface area contributed by atoms with Crippen LogP contribution in [0.3, 0.4) is 0 Å². The zero-order chi connectivity index (χ0) is 29.5. The van der Waals surface area contributed by atoms with Crippen LogP contribution in [0.15, 0.2) is 42.6 Å². The number of nitrogens with zero attached hydrogens (tertiary/aromatic N) is 4. The Kier molecular flexibility index (Phi) is 9.33. The Hall–Kier alpha value is -4.03. The number of benzene rings is 2. The minimum atomic E-state index is -0.540. The quantitative estimate of drug-likeness (QED) is 0.215. The smallest absolute Gasteiger partial charge is 0.407 e. The summed E-state index contributed by atoms with van der Waals surface area (Å²) < 4.78 is 24.1. The van der Waals surface area contributed by atoms with E-state index in [4.69, 9.17) is 28.9 Å². The van der Waals surface area contributed by atoms with Gasteiger partial charge < -0.3 is 29.6 Å². The average molecular weight is 593 g/mol. The summed E-state index contributed by atoms with van der Waals surface area (Å²) in [6.45, 7) is 9.28. The summed E-state index contributed by atoms with van der Waals surface area (Å²) in [5.41, 5.74) is 2.86. The summed E-state index contributed by atoms with van der Waals surface area (Å²) in [7, 11) is 0. The van der Waals surface area contributed by atoms with Crippen LogP contribution in [-0.2, 0) is 16.0 Å². The maximum atomic E-state index is 11.8. The van der Waals surface area contributed by atoms with Gasteiger partial charge in [-0.1, -0.05) is 12.1 Å². The molecule has 12 heteroatoms. The fourth-order valence-electron chi connectivity index (χ4n) is 4.42. The molecule has 3 heterocycles. The maximum absolute atomic E-state index is 11.8. The number of nitrogens with one attached hydrogen (secondary N) is 2. The van der Waals surface area contributed by atoms with Crippen molar-refractivity contribution >= 4 is 33.6 Å². The van der Waals surface area contributed by atoms with Crippen molar-refractivity contribution in [3.8, 4) is 22.8 Å². The molecule has 42 heavy (non-hydrogen) atoms. The van der Waals surface area contributed by atoms with Gasteiger partial charge >= 0.3 is 6.09 Å². The molecule has 1 fully saturated rings. The van der Waals surface area contributed by atoms with Gasteiger partial charge in [0, 0.05) is 18.1 Å². The number of alkyl carbamates (subject to hydrolysis) is 1. The lowest BCUT2D eigenvalue weighted by molar-refractivity contribution is -0.105. The van der Waals surface area contributed by atoms with Gasteiger partial charge in [-0.3, -0.25) is 0 Å². The first-order valence-corrected chi connectivity index (χ1v) is 14.9. The Labute approximate surface area is 249 Å². The van der Waals surface area contributed by atoms with Crippen LogP contribution in [0.25, 0.3) is 21.5 Å². The van der Waals surface area contributed by atoms with Crippen LogP contribution in [0.2, 0.25) is 0 Å². The fourth-order valence-corrected chi connectivity index (χ4v) is 5.31. The molecule has 1 aliphatic rings. The molecule has 1 unspecified atom stereocenters. The second kappa shape index (κ2) is 13.3. The average Bonchev–Trinajstić information content (AvgIpc) is 3.36. The number of anilines is 1. The van der Waals surface area contributed by atoms with Gasteiger partial charge in [-0.25, -0.2) is 14.8 Å². The molecule has 0 aliphatic carbocycles. The number of aryl methyl sites for hydroxylation is 1. The van der Waals surface area contributed by atoms with E-state index in [1.54, 1.807) is 17.5 Å². The summed E-state index contributed by atoms with van der Waals surface area (Å²) in [6, 6.07) is 11.7. The summed E-state index contributed by atoms with van der Waals surface area (Å²) in [5.74, 6) is 1.79. The van der Waals surface area contributed by atoms with Crippen LogP contribution in [-0.4, -0.2) is 57.9 Å². The highest BCUT2D eigenvalue weighted by Crippen LogP contribution is 2.34. The summed E-state index contributed by atoms with van der Waals surface area (Å²) >= 11 is 1.58. The molecule has 5 rings (SSSR count). The lowest BCUT2D eigenvalue weighted by atomic mass is 10.0. The third-order valence-electron chi connectivity index (χ3n) is 6.29. The van der Waals surface area contributed by atoms with Crippen LogP contribution in [0.1, 0.15) is 50.6 Å². The SMILES string of the molecule is Cc1cccc(OC2CCCCO2)c1-c1cnnc(NCc2nc3cc(OCCNC(=O)OC(C)(C)C)ccc3s2)n1. The van der Waals surface area contributed by atoms with Crippen molar-refractivity contribution in [3.05, 3.63) is 53.2 Å². The Morgan fingerprint density at radius 3 is 2.86 bits per heavy atom. The Morgan fingerprint density at radius 1 is 1.17 bits per heavy atom. The molecular formula is C30H36N6O5S. The third-order valence-corrected chi connectivity index (χ3v) is 7.32. The van der Waals surface area contributed by atoms with Gasteiger partial charge in [0.2, 0.25) is 5.95 Å². The second-order valence-corrected chi connectivity index (χ2v) is 12.0. The highest BCUT2D eigenvalue weighted by molar-refractivity contribution is 7.18. The minimum absolute atomic E-state index is 0.259. The maximum Gasteiger partial charge on any atom is 0.407 e. The van der Waals surface area contributed by atoms with Crippen LogP contribution < -0.4 is 20.1 Å². The van der Waals surface area contributed by atoms with E-state index in [0.717, 1.165) is 51.4 Å². The molecule has 1 aliphatic heterocycles. The number of ether oxygens (including phenoxy) is 4. The molecule has 2 aromatic carbocycles. The zero-order valence-corrected chi connectivity index (χ0v) is 25.1. The Bertz CT molecular complexity index is 1520. The predicted octanol–water partition coefficient (Wildman–Crippen LogP) is 5.88. The molecule has 2 aromatic heterocycles. The van der Waals surface area contributed by atoms with Gasteiger partial charge in [-0.2, -0.15) is 5.10 Å². The van der Waals surface area contributed by atoms with E-state index in [1.807, 2.05) is 64.1 Å². The predicted molar refractivity (Wildman–Crippen MR) is 161 cm³/mol. The highest BCUT2D eigenvalue weighted by Gasteiger charge is 2.20. The Balaban J connectivity index is 1.19. The number of hydrogen-bond acceptors (Lipinski definition) is 11. The van der Waals surface area contributed by atoms with E-state index in [2.05, 4.69) is 20.8 Å². The van der Waals surface area contributed by atoms with E-state index in [-0.39, 0.29) is 6.29 Å². The number of carbonyl (C=O) groups is 1. The fraction of sp³-hybridized carbons (Fsp3) is 0.433. The van der Waals surface area contributed by atoms with Gasteiger partial charge in [0.1, 0.15) is 28.7 Å². The minimum Gasteiger partial charge on any atom is -0.492 e. The molecule has 0 bridgehead atoms.